The van der Waals surface area contributed by atoms with Crippen LogP contribution in [0.15, 0.2) is 18.2 Å². The summed E-state index contributed by atoms with van der Waals surface area (Å²) in [6, 6.07) is 5.81. The van der Waals surface area contributed by atoms with Crippen LogP contribution in [0.5, 0.6) is 0 Å². The molecule has 0 aromatic heterocycles. The van der Waals surface area contributed by atoms with Gasteiger partial charge in [0.05, 0.1) is 6.61 Å². The number of hydrogen-bond acceptors (Lipinski definition) is 2. The van der Waals surface area contributed by atoms with E-state index in [1.54, 1.807) is 6.07 Å². The van der Waals surface area contributed by atoms with E-state index in [1.807, 2.05) is 26.1 Å². The largest absolute Gasteiger partial charge is 0.392 e. The lowest BCUT2D eigenvalue weighted by atomic mass is 10.0. The van der Waals surface area contributed by atoms with Gasteiger partial charge in [-0.05, 0) is 37.2 Å². The van der Waals surface area contributed by atoms with Crippen molar-refractivity contribution in [2.45, 2.75) is 19.6 Å². The van der Waals surface area contributed by atoms with E-state index in [4.69, 9.17) is 16.7 Å². The number of nitrogens with one attached hydrogen (secondary N) is 1. The van der Waals surface area contributed by atoms with Crippen LogP contribution in [0.25, 0.3) is 0 Å². The molecule has 0 radical (unpaired) electrons. The van der Waals surface area contributed by atoms with Crippen LogP contribution in [0.4, 0.5) is 0 Å². The normalized spacial score (nSPS) is 12.9. The minimum absolute atomic E-state index is 0.0297. The quantitative estimate of drug-likeness (QED) is 0.782. The Morgan fingerprint density at radius 3 is 2.77 bits per heavy atom. The molecule has 1 aromatic rings. The summed E-state index contributed by atoms with van der Waals surface area (Å²) in [7, 11) is 1.89. The number of benzene rings is 1. The predicted octanol–water partition coefficient (Wildman–Crippen LogP) is 2.11. The van der Waals surface area contributed by atoms with Gasteiger partial charge in [0.15, 0.2) is 0 Å². The highest BCUT2D eigenvalue weighted by Gasteiger charge is 2.07. The zero-order valence-corrected chi connectivity index (χ0v) is 8.60. The van der Waals surface area contributed by atoms with E-state index >= 15 is 0 Å². The minimum Gasteiger partial charge on any atom is -0.392 e. The molecule has 0 bridgehead atoms. The fourth-order valence-electron chi connectivity index (χ4n) is 1.29. The monoisotopic (exact) mass is 199 g/mol. The molecule has 0 saturated heterocycles. The molecule has 0 fully saturated rings. The summed E-state index contributed by atoms with van der Waals surface area (Å²) in [4.78, 5) is 0. The maximum atomic E-state index is 9.10. The highest BCUT2D eigenvalue weighted by molar-refractivity contribution is 6.30. The molecule has 0 amide bonds. The first-order valence-corrected chi connectivity index (χ1v) is 4.63. The first-order valence-electron chi connectivity index (χ1n) is 4.25. The third kappa shape index (κ3) is 2.44. The average molecular weight is 200 g/mol. The van der Waals surface area contributed by atoms with Crippen LogP contribution in [-0.2, 0) is 6.61 Å². The summed E-state index contributed by atoms with van der Waals surface area (Å²) >= 11 is 5.81. The van der Waals surface area contributed by atoms with Crippen LogP contribution in [-0.4, -0.2) is 12.2 Å². The zero-order chi connectivity index (χ0) is 9.84. The molecule has 1 atom stereocenters. The van der Waals surface area contributed by atoms with Crippen LogP contribution >= 0.6 is 11.6 Å². The maximum absolute atomic E-state index is 9.10. The Bertz CT molecular complexity index is 288. The molecule has 3 heteroatoms. The van der Waals surface area contributed by atoms with Crippen molar-refractivity contribution in [2.75, 3.05) is 7.05 Å². The lowest BCUT2D eigenvalue weighted by Crippen LogP contribution is -2.14. The van der Waals surface area contributed by atoms with E-state index in [0.717, 1.165) is 11.1 Å². The average Bonchev–Trinajstić information content (AvgIpc) is 2.16. The van der Waals surface area contributed by atoms with E-state index in [-0.39, 0.29) is 12.6 Å². The highest BCUT2D eigenvalue weighted by Crippen LogP contribution is 2.21. The third-order valence-electron chi connectivity index (χ3n) is 2.17. The summed E-state index contributed by atoms with van der Waals surface area (Å²) in [5, 5.41) is 12.9. The molecule has 0 aliphatic carbocycles. The Morgan fingerprint density at radius 2 is 2.23 bits per heavy atom. The summed E-state index contributed by atoms with van der Waals surface area (Å²) in [5.41, 5.74) is 1.98. The fourth-order valence-corrected chi connectivity index (χ4v) is 1.48. The molecular weight excluding hydrogens is 186 g/mol. The van der Waals surface area contributed by atoms with Gasteiger partial charge in [-0.25, -0.2) is 0 Å². The smallest absolute Gasteiger partial charge is 0.0685 e. The molecule has 72 valence electrons. The van der Waals surface area contributed by atoms with Crippen molar-refractivity contribution in [1.29, 1.82) is 0 Å². The Balaban J connectivity index is 3.05. The molecule has 1 unspecified atom stereocenters. The van der Waals surface area contributed by atoms with Crippen molar-refractivity contribution in [1.82, 2.24) is 5.32 Å². The van der Waals surface area contributed by atoms with E-state index in [0.29, 0.717) is 5.02 Å². The van der Waals surface area contributed by atoms with E-state index in [1.165, 1.54) is 0 Å². The Hall–Kier alpha value is -0.570. The van der Waals surface area contributed by atoms with Gasteiger partial charge in [-0.15, -0.1) is 0 Å². The van der Waals surface area contributed by atoms with Crippen molar-refractivity contribution in [3.8, 4) is 0 Å². The fraction of sp³-hybridized carbons (Fsp3) is 0.400. The molecular formula is C10H14ClNO. The van der Waals surface area contributed by atoms with E-state index in [2.05, 4.69) is 5.32 Å². The topological polar surface area (TPSA) is 32.3 Å². The van der Waals surface area contributed by atoms with Gasteiger partial charge in [0.2, 0.25) is 0 Å². The Kier molecular flexibility index (Phi) is 3.72. The molecule has 0 spiro atoms. The Labute approximate surface area is 83.5 Å². The van der Waals surface area contributed by atoms with Gasteiger partial charge in [0, 0.05) is 11.1 Å². The third-order valence-corrected chi connectivity index (χ3v) is 2.41. The van der Waals surface area contributed by atoms with Gasteiger partial charge in [-0.3, -0.25) is 0 Å². The van der Waals surface area contributed by atoms with Gasteiger partial charge in [0.1, 0.15) is 0 Å². The molecule has 0 saturated carbocycles. The van der Waals surface area contributed by atoms with Crippen molar-refractivity contribution < 1.29 is 5.11 Å². The van der Waals surface area contributed by atoms with Gasteiger partial charge >= 0.3 is 0 Å². The number of aliphatic hydroxyl groups excluding tert-OH is 1. The minimum atomic E-state index is 0.0297. The van der Waals surface area contributed by atoms with Crippen molar-refractivity contribution in [3.05, 3.63) is 34.3 Å². The number of hydrogen-bond donors (Lipinski definition) is 2. The molecule has 13 heavy (non-hydrogen) atoms. The maximum Gasteiger partial charge on any atom is 0.0685 e. The zero-order valence-electron chi connectivity index (χ0n) is 7.84. The van der Waals surface area contributed by atoms with E-state index < -0.39 is 0 Å². The summed E-state index contributed by atoms with van der Waals surface area (Å²) in [5.74, 6) is 0. The second-order valence-corrected chi connectivity index (χ2v) is 3.45. The molecule has 2 nitrogen and oxygen atoms in total. The highest BCUT2D eigenvalue weighted by atomic mass is 35.5. The van der Waals surface area contributed by atoms with Crippen LogP contribution < -0.4 is 5.32 Å². The second-order valence-electron chi connectivity index (χ2n) is 3.01. The first kappa shape index (κ1) is 10.5. The molecule has 0 aliphatic heterocycles. The summed E-state index contributed by atoms with van der Waals surface area (Å²) in [6.07, 6.45) is 0. The predicted molar refractivity (Wildman–Crippen MR) is 54.8 cm³/mol. The number of aliphatic hydroxyl groups is 1. The summed E-state index contributed by atoms with van der Waals surface area (Å²) in [6.45, 7) is 2.07. The second kappa shape index (κ2) is 4.61. The standard InChI is InChI=1S/C10H14ClNO/c1-7(12-2)10-4-3-9(11)5-8(10)6-13/h3-5,7,12-13H,6H2,1-2H3. The van der Waals surface area contributed by atoms with Gasteiger partial charge in [0.25, 0.3) is 0 Å². The summed E-state index contributed by atoms with van der Waals surface area (Å²) < 4.78 is 0. The molecule has 0 heterocycles. The number of rotatable bonds is 3. The van der Waals surface area contributed by atoms with Crippen molar-refractivity contribution >= 4 is 11.6 Å². The molecule has 0 aliphatic rings. The lowest BCUT2D eigenvalue weighted by molar-refractivity contribution is 0.279. The lowest BCUT2D eigenvalue weighted by Gasteiger charge is -2.14. The van der Waals surface area contributed by atoms with Crippen molar-refractivity contribution in [2.24, 2.45) is 0 Å². The van der Waals surface area contributed by atoms with Crippen LogP contribution in [0.1, 0.15) is 24.1 Å². The van der Waals surface area contributed by atoms with Crippen LogP contribution in [0.2, 0.25) is 5.02 Å². The SMILES string of the molecule is CNC(C)c1ccc(Cl)cc1CO. The van der Waals surface area contributed by atoms with Gasteiger partial charge < -0.3 is 10.4 Å². The van der Waals surface area contributed by atoms with Crippen LogP contribution in [0.3, 0.4) is 0 Å². The van der Waals surface area contributed by atoms with Gasteiger partial charge in [-0.1, -0.05) is 17.7 Å². The van der Waals surface area contributed by atoms with Crippen molar-refractivity contribution in [3.63, 3.8) is 0 Å². The van der Waals surface area contributed by atoms with E-state index in [9.17, 15) is 0 Å². The molecule has 1 rings (SSSR count). The van der Waals surface area contributed by atoms with Gasteiger partial charge in [-0.2, -0.15) is 0 Å². The van der Waals surface area contributed by atoms with Crippen LogP contribution in [0, 0.1) is 0 Å². The molecule has 2 N–H and O–H groups in total. The number of halogens is 1. The molecule has 1 aromatic carbocycles. The Morgan fingerprint density at radius 1 is 1.54 bits per heavy atom. The first-order chi connectivity index (χ1) is 6.19.